The first-order valence-electron chi connectivity index (χ1n) is 4.75. The Labute approximate surface area is 79.1 Å². The lowest BCUT2D eigenvalue weighted by molar-refractivity contribution is 0.234. The molecule has 1 aromatic rings. The Morgan fingerprint density at radius 2 is 2.15 bits per heavy atom. The normalized spacial score (nSPS) is 18.2. The number of hydrogen-bond donors (Lipinski definition) is 0. The predicted octanol–water partition coefficient (Wildman–Crippen LogP) is 1.90. The smallest absolute Gasteiger partial charge is 0.123 e. The highest BCUT2D eigenvalue weighted by atomic mass is 16.5. The fourth-order valence-electron chi connectivity index (χ4n) is 1.66. The SMILES string of the molecule is CN1CCCOc2ccccc2C1. The molecular weight excluding hydrogens is 162 g/mol. The van der Waals surface area contributed by atoms with E-state index in [2.05, 4.69) is 30.1 Å². The number of hydrogen-bond acceptors (Lipinski definition) is 2. The van der Waals surface area contributed by atoms with Gasteiger partial charge in [0.05, 0.1) is 6.61 Å². The number of nitrogens with zero attached hydrogens (tertiary/aromatic N) is 1. The van der Waals surface area contributed by atoms with Crippen molar-refractivity contribution in [3.63, 3.8) is 0 Å². The average molecular weight is 177 g/mol. The summed E-state index contributed by atoms with van der Waals surface area (Å²) in [5.74, 6) is 1.05. The van der Waals surface area contributed by atoms with Gasteiger partial charge in [-0.3, -0.25) is 0 Å². The van der Waals surface area contributed by atoms with Crippen molar-refractivity contribution in [2.24, 2.45) is 0 Å². The van der Waals surface area contributed by atoms with Crippen LogP contribution in [0.15, 0.2) is 24.3 Å². The van der Waals surface area contributed by atoms with Gasteiger partial charge in [-0.2, -0.15) is 0 Å². The van der Waals surface area contributed by atoms with Crippen molar-refractivity contribution in [1.82, 2.24) is 4.90 Å². The van der Waals surface area contributed by atoms with Crippen molar-refractivity contribution in [2.75, 3.05) is 20.2 Å². The first kappa shape index (κ1) is 8.57. The molecule has 0 aromatic heterocycles. The molecule has 0 unspecified atom stereocenters. The molecule has 1 aromatic carbocycles. The van der Waals surface area contributed by atoms with Crippen LogP contribution in [0, 0.1) is 0 Å². The maximum atomic E-state index is 5.65. The Balaban J connectivity index is 2.25. The number of rotatable bonds is 0. The zero-order valence-corrected chi connectivity index (χ0v) is 7.99. The molecule has 2 heteroatoms. The van der Waals surface area contributed by atoms with E-state index >= 15 is 0 Å². The topological polar surface area (TPSA) is 12.5 Å². The molecule has 0 saturated carbocycles. The zero-order chi connectivity index (χ0) is 9.10. The van der Waals surface area contributed by atoms with Crippen LogP contribution in [0.2, 0.25) is 0 Å². The van der Waals surface area contributed by atoms with Gasteiger partial charge in [0.1, 0.15) is 5.75 Å². The molecule has 0 N–H and O–H groups in total. The Kier molecular flexibility index (Phi) is 2.50. The van der Waals surface area contributed by atoms with Gasteiger partial charge < -0.3 is 9.64 Å². The van der Waals surface area contributed by atoms with Crippen molar-refractivity contribution in [3.05, 3.63) is 29.8 Å². The van der Waals surface area contributed by atoms with E-state index < -0.39 is 0 Å². The Morgan fingerprint density at radius 1 is 1.31 bits per heavy atom. The van der Waals surface area contributed by atoms with Crippen molar-refractivity contribution in [1.29, 1.82) is 0 Å². The molecule has 0 radical (unpaired) electrons. The van der Waals surface area contributed by atoms with Gasteiger partial charge in [0.25, 0.3) is 0 Å². The second-order valence-electron chi connectivity index (χ2n) is 3.55. The molecule has 13 heavy (non-hydrogen) atoms. The number of fused-ring (bicyclic) bond motifs is 1. The average Bonchev–Trinajstić information content (AvgIpc) is 2.11. The number of para-hydroxylation sites is 1. The van der Waals surface area contributed by atoms with Crippen molar-refractivity contribution in [3.8, 4) is 5.75 Å². The van der Waals surface area contributed by atoms with Crippen LogP contribution in [0.3, 0.4) is 0 Å². The summed E-state index contributed by atoms with van der Waals surface area (Å²) in [5, 5.41) is 0. The fraction of sp³-hybridized carbons (Fsp3) is 0.455. The molecule has 0 bridgehead atoms. The van der Waals surface area contributed by atoms with Crippen molar-refractivity contribution < 1.29 is 4.74 Å². The van der Waals surface area contributed by atoms with Crippen LogP contribution in [0.1, 0.15) is 12.0 Å². The second-order valence-corrected chi connectivity index (χ2v) is 3.55. The van der Waals surface area contributed by atoms with Gasteiger partial charge >= 0.3 is 0 Å². The summed E-state index contributed by atoms with van der Waals surface area (Å²) in [5.41, 5.74) is 1.30. The minimum absolute atomic E-state index is 0.835. The van der Waals surface area contributed by atoms with E-state index in [1.807, 2.05) is 6.07 Å². The summed E-state index contributed by atoms with van der Waals surface area (Å²) in [6.07, 6.45) is 1.12. The lowest BCUT2D eigenvalue weighted by Crippen LogP contribution is -2.23. The summed E-state index contributed by atoms with van der Waals surface area (Å²) in [6.45, 7) is 2.95. The second kappa shape index (κ2) is 3.79. The maximum absolute atomic E-state index is 5.65. The van der Waals surface area contributed by atoms with Gasteiger partial charge in [0.2, 0.25) is 0 Å². The zero-order valence-electron chi connectivity index (χ0n) is 7.99. The predicted molar refractivity (Wildman–Crippen MR) is 52.9 cm³/mol. The third kappa shape index (κ3) is 2.01. The molecule has 0 aliphatic carbocycles. The van der Waals surface area contributed by atoms with E-state index in [1.54, 1.807) is 0 Å². The largest absolute Gasteiger partial charge is 0.493 e. The van der Waals surface area contributed by atoms with Gasteiger partial charge in [-0.1, -0.05) is 18.2 Å². The molecule has 0 spiro atoms. The first-order valence-corrected chi connectivity index (χ1v) is 4.75. The highest BCUT2D eigenvalue weighted by Gasteiger charge is 2.09. The van der Waals surface area contributed by atoms with E-state index in [0.717, 1.165) is 31.9 Å². The van der Waals surface area contributed by atoms with E-state index in [4.69, 9.17) is 4.74 Å². The standard InChI is InChI=1S/C11H15NO/c1-12-7-4-8-13-11-6-3-2-5-10(11)9-12/h2-3,5-6H,4,7-9H2,1H3. The number of ether oxygens (including phenoxy) is 1. The first-order chi connectivity index (χ1) is 6.36. The van der Waals surface area contributed by atoms with E-state index in [-0.39, 0.29) is 0 Å². The van der Waals surface area contributed by atoms with Crippen LogP contribution in [0.4, 0.5) is 0 Å². The number of benzene rings is 1. The molecule has 0 atom stereocenters. The van der Waals surface area contributed by atoms with Crippen LogP contribution >= 0.6 is 0 Å². The quantitative estimate of drug-likeness (QED) is 0.600. The third-order valence-corrected chi connectivity index (χ3v) is 2.35. The van der Waals surface area contributed by atoms with Gasteiger partial charge in [-0.05, 0) is 19.5 Å². The van der Waals surface area contributed by atoms with Crippen LogP contribution < -0.4 is 4.74 Å². The summed E-state index contributed by atoms with van der Waals surface area (Å²) >= 11 is 0. The summed E-state index contributed by atoms with van der Waals surface area (Å²) < 4.78 is 5.65. The highest BCUT2D eigenvalue weighted by molar-refractivity contribution is 5.33. The Morgan fingerprint density at radius 3 is 3.08 bits per heavy atom. The van der Waals surface area contributed by atoms with Gasteiger partial charge in [-0.25, -0.2) is 0 Å². The molecule has 0 fully saturated rings. The minimum atomic E-state index is 0.835. The van der Waals surface area contributed by atoms with Gasteiger partial charge in [0.15, 0.2) is 0 Å². The van der Waals surface area contributed by atoms with Crippen LogP contribution in [0.5, 0.6) is 5.75 Å². The molecule has 1 aliphatic heterocycles. The molecule has 1 heterocycles. The fourth-order valence-corrected chi connectivity index (χ4v) is 1.66. The molecule has 2 rings (SSSR count). The molecule has 0 amide bonds. The van der Waals surface area contributed by atoms with Crippen LogP contribution in [-0.2, 0) is 6.54 Å². The maximum Gasteiger partial charge on any atom is 0.123 e. The van der Waals surface area contributed by atoms with Crippen LogP contribution in [-0.4, -0.2) is 25.1 Å². The van der Waals surface area contributed by atoms with Crippen molar-refractivity contribution in [2.45, 2.75) is 13.0 Å². The highest BCUT2D eigenvalue weighted by Crippen LogP contribution is 2.21. The molecule has 1 aliphatic rings. The van der Waals surface area contributed by atoms with E-state index in [0.29, 0.717) is 0 Å². The molecule has 0 saturated heterocycles. The summed E-state index contributed by atoms with van der Waals surface area (Å²) in [6, 6.07) is 8.28. The molecule has 2 nitrogen and oxygen atoms in total. The van der Waals surface area contributed by atoms with Crippen LogP contribution in [0.25, 0.3) is 0 Å². The van der Waals surface area contributed by atoms with Gasteiger partial charge in [0, 0.05) is 18.7 Å². The van der Waals surface area contributed by atoms with E-state index in [9.17, 15) is 0 Å². The summed E-state index contributed by atoms with van der Waals surface area (Å²) in [4.78, 5) is 2.33. The monoisotopic (exact) mass is 177 g/mol. The minimum Gasteiger partial charge on any atom is -0.493 e. The Hall–Kier alpha value is -1.02. The van der Waals surface area contributed by atoms with E-state index in [1.165, 1.54) is 5.56 Å². The van der Waals surface area contributed by atoms with Gasteiger partial charge in [-0.15, -0.1) is 0 Å². The Bertz CT molecular complexity index is 285. The molecule has 70 valence electrons. The molecular formula is C11H15NO. The van der Waals surface area contributed by atoms with Crippen molar-refractivity contribution >= 4 is 0 Å². The lowest BCUT2D eigenvalue weighted by atomic mass is 10.1. The lowest BCUT2D eigenvalue weighted by Gasteiger charge is -2.22. The summed E-state index contributed by atoms with van der Waals surface area (Å²) in [7, 11) is 2.15. The third-order valence-electron chi connectivity index (χ3n) is 2.35.